The van der Waals surface area contributed by atoms with E-state index in [-0.39, 0.29) is 18.0 Å². The van der Waals surface area contributed by atoms with Crippen LogP contribution in [0.4, 0.5) is 4.39 Å². The molecule has 0 unspecified atom stereocenters. The van der Waals surface area contributed by atoms with Crippen molar-refractivity contribution in [3.8, 4) is 17.6 Å². The molecule has 0 aliphatic carbocycles. The third kappa shape index (κ3) is 4.55. The number of rotatable bonds is 3. The van der Waals surface area contributed by atoms with Crippen molar-refractivity contribution in [1.29, 1.82) is 0 Å². The summed E-state index contributed by atoms with van der Waals surface area (Å²) in [6, 6.07) is 5.91. The van der Waals surface area contributed by atoms with Crippen LogP contribution in [0.3, 0.4) is 0 Å². The van der Waals surface area contributed by atoms with Gasteiger partial charge in [0.1, 0.15) is 30.4 Å². The summed E-state index contributed by atoms with van der Waals surface area (Å²) in [4.78, 5) is 0. The molecule has 0 spiro atoms. The molecule has 0 radical (unpaired) electrons. The highest BCUT2D eigenvalue weighted by Crippen LogP contribution is 2.20. The molecule has 1 aromatic carbocycles. The summed E-state index contributed by atoms with van der Waals surface area (Å²) < 4.78 is 23.9. The second-order valence-electron chi connectivity index (χ2n) is 4.55. The molecule has 102 valence electrons. The van der Waals surface area contributed by atoms with E-state index in [9.17, 15) is 4.39 Å². The van der Waals surface area contributed by atoms with Crippen LogP contribution in [0.1, 0.15) is 19.8 Å². The molecular formula is C15H17FO3. The van der Waals surface area contributed by atoms with E-state index in [1.54, 1.807) is 19.1 Å². The zero-order valence-electron chi connectivity index (χ0n) is 10.8. The van der Waals surface area contributed by atoms with Crippen LogP contribution in [0, 0.1) is 17.7 Å². The van der Waals surface area contributed by atoms with Gasteiger partial charge in [0.2, 0.25) is 0 Å². The lowest BCUT2D eigenvalue weighted by Gasteiger charge is -2.12. The number of hydrogen-bond acceptors (Lipinski definition) is 3. The van der Waals surface area contributed by atoms with Crippen LogP contribution in [-0.2, 0) is 4.74 Å². The molecule has 2 rings (SSSR count). The molecular weight excluding hydrogens is 247 g/mol. The SMILES string of the molecule is C[C@H](O)C#C[C@@H]1CC[C@@H](COc2ccc(F)cc2)O1. The smallest absolute Gasteiger partial charge is 0.123 e. The monoisotopic (exact) mass is 264 g/mol. The van der Waals surface area contributed by atoms with E-state index in [4.69, 9.17) is 14.6 Å². The Hall–Kier alpha value is -1.57. The number of benzene rings is 1. The minimum Gasteiger partial charge on any atom is -0.491 e. The number of halogens is 1. The maximum absolute atomic E-state index is 12.7. The highest BCUT2D eigenvalue weighted by atomic mass is 19.1. The van der Waals surface area contributed by atoms with Crippen LogP contribution >= 0.6 is 0 Å². The summed E-state index contributed by atoms with van der Waals surface area (Å²) in [7, 11) is 0. The Kier molecular flexibility index (Phi) is 4.78. The van der Waals surface area contributed by atoms with Crippen LogP contribution in [0.2, 0.25) is 0 Å². The van der Waals surface area contributed by atoms with E-state index in [2.05, 4.69) is 11.8 Å². The van der Waals surface area contributed by atoms with Gasteiger partial charge in [0.25, 0.3) is 0 Å². The molecule has 1 aliphatic heterocycles. The molecule has 1 aromatic rings. The van der Waals surface area contributed by atoms with E-state index < -0.39 is 6.10 Å². The quantitative estimate of drug-likeness (QED) is 0.850. The summed E-state index contributed by atoms with van der Waals surface area (Å²) >= 11 is 0. The fourth-order valence-electron chi connectivity index (χ4n) is 1.87. The van der Waals surface area contributed by atoms with Crippen molar-refractivity contribution >= 4 is 0 Å². The number of ether oxygens (including phenoxy) is 2. The lowest BCUT2D eigenvalue weighted by atomic mass is 10.2. The van der Waals surface area contributed by atoms with E-state index in [0.717, 1.165) is 12.8 Å². The van der Waals surface area contributed by atoms with Gasteiger partial charge in [-0.3, -0.25) is 0 Å². The zero-order chi connectivity index (χ0) is 13.7. The molecule has 0 bridgehead atoms. The number of aliphatic hydroxyl groups is 1. The Bertz CT molecular complexity index is 459. The first-order valence-corrected chi connectivity index (χ1v) is 6.36. The van der Waals surface area contributed by atoms with Crippen LogP contribution < -0.4 is 4.74 Å². The molecule has 3 nitrogen and oxygen atoms in total. The minimum absolute atomic E-state index is 0.00153. The molecule has 1 N–H and O–H groups in total. The standard InChI is InChI=1S/C15H17FO3/c1-11(17)2-5-14-8-9-15(19-14)10-18-13-6-3-12(16)4-7-13/h3-4,6-7,11,14-15,17H,8-10H2,1H3/t11-,14+,15-/m0/s1. The first-order valence-electron chi connectivity index (χ1n) is 6.36. The number of aliphatic hydroxyl groups excluding tert-OH is 1. The van der Waals surface area contributed by atoms with Crippen molar-refractivity contribution in [3.05, 3.63) is 30.1 Å². The van der Waals surface area contributed by atoms with Crippen LogP contribution in [-0.4, -0.2) is 30.0 Å². The van der Waals surface area contributed by atoms with E-state index in [1.165, 1.54) is 12.1 Å². The Morgan fingerprint density at radius 3 is 2.84 bits per heavy atom. The van der Waals surface area contributed by atoms with Crippen molar-refractivity contribution in [2.75, 3.05) is 6.61 Å². The van der Waals surface area contributed by atoms with Crippen molar-refractivity contribution < 1.29 is 19.0 Å². The van der Waals surface area contributed by atoms with Gasteiger partial charge < -0.3 is 14.6 Å². The predicted octanol–water partition coefficient (Wildman–Crippen LogP) is 2.14. The zero-order valence-corrected chi connectivity index (χ0v) is 10.8. The highest BCUT2D eigenvalue weighted by molar-refractivity contribution is 5.22. The third-order valence-electron chi connectivity index (χ3n) is 2.81. The average molecular weight is 264 g/mol. The topological polar surface area (TPSA) is 38.7 Å². The molecule has 4 heteroatoms. The summed E-state index contributed by atoms with van der Waals surface area (Å²) in [5.74, 6) is 5.92. The van der Waals surface area contributed by atoms with Crippen molar-refractivity contribution in [2.45, 2.75) is 38.1 Å². The van der Waals surface area contributed by atoms with E-state index in [1.807, 2.05) is 0 Å². The van der Waals surface area contributed by atoms with Gasteiger partial charge in [-0.05, 0) is 44.0 Å². The first-order chi connectivity index (χ1) is 9.13. The Morgan fingerprint density at radius 1 is 1.42 bits per heavy atom. The van der Waals surface area contributed by atoms with Crippen molar-refractivity contribution in [3.63, 3.8) is 0 Å². The first kappa shape index (κ1) is 13.9. The largest absolute Gasteiger partial charge is 0.491 e. The van der Waals surface area contributed by atoms with Crippen LogP contribution in [0.15, 0.2) is 24.3 Å². The maximum Gasteiger partial charge on any atom is 0.123 e. The normalized spacial score (nSPS) is 23.5. The molecule has 1 saturated heterocycles. The molecule has 3 atom stereocenters. The van der Waals surface area contributed by atoms with Crippen molar-refractivity contribution in [2.24, 2.45) is 0 Å². The molecule has 19 heavy (non-hydrogen) atoms. The molecule has 1 aliphatic rings. The van der Waals surface area contributed by atoms with E-state index in [0.29, 0.717) is 12.4 Å². The molecule has 1 heterocycles. The lowest BCUT2D eigenvalue weighted by molar-refractivity contribution is 0.0418. The van der Waals surface area contributed by atoms with Gasteiger partial charge in [-0.1, -0.05) is 11.8 Å². The predicted molar refractivity (Wildman–Crippen MR) is 69.2 cm³/mol. The molecule has 1 fully saturated rings. The molecule has 0 aromatic heterocycles. The average Bonchev–Trinajstić information content (AvgIpc) is 2.84. The van der Waals surface area contributed by atoms with Gasteiger partial charge in [0.15, 0.2) is 0 Å². The highest BCUT2D eigenvalue weighted by Gasteiger charge is 2.24. The fourth-order valence-corrected chi connectivity index (χ4v) is 1.87. The minimum atomic E-state index is -0.627. The second kappa shape index (κ2) is 6.55. The summed E-state index contributed by atoms with van der Waals surface area (Å²) in [5.41, 5.74) is 0. The Labute approximate surface area is 112 Å². The van der Waals surface area contributed by atoms with Crippen LogP contribution in [0.25, 0.3) is 0 Å². The lowest BCUT2D eigenvalue weighted by Crippen LogP contribution is -2.18. The summed E-state index contributed by atoms with van der Waals surface area (Å²) in [5, 5.41) is 9.07. The Balaban J connectivity index is 1.76. The van der Waals surface area contributed by atoms with Gasteiger partial charge in [-0.2, -0.15) is 0 Å². The molecule has 0 amide bonds. The van der Waals surface area contributed by atoms with Gasteiger partial charge in [0, 0.05) is 0 Å². The second-order valence-corrected chi connectivity index (χ2v) is 4.55. The fraction of sp³-hybridized carbons (Fsp3) is 0.467. The Morgan fingerprint density at radius 2 is 2.16 bits per heavy atom. The van der Waals surface area contributed by atoms with Gasteiger partial charge in [-0.25, -0.2) is 4.39 Å². The maximum atomic E-state index is 12.7. The van der Waals surface area contributed by atoms with Gasteiger partial charge >= 0.3 is 0 Å². The summed E-state index contributed by atoms with van der Waals surface area (Å²) in [6.45, 7) is 2.05. The number of hydrogen-bond donors (Lipinski definition) is 1. The molecule has 0 saturated carbocycles. The van der Waals surface area contributed by atoms with E-state index >= 15 is 0 Å². The third-order valence-corrected chi connectivity index (χ3v) is 2.81. The van der Waals surface area contributed by atoms with Crippen molar-refractivity contribution in [1.82, 2.24) is 0 Å². The van der Waals surface area contributed by atoms with Crippen LogP contribution in [0.5, 0.6) is 5.75 Å². The summed E-state index contributed by atoms with van der Waals surface area (Å²) in [6.07, 6.45) is 0.963. The van der Waals surface area contributed by atoms with Gasteiger partial charge in [-0.15, -0.1) is 0 Å². The van der Waals surface area contributed by atoms with Gasteiger partial charge in [0.05, 0.1) is 6.10 Å².